The van der Waals surface area contributed by atoms with E-state index in [2.05, 4.69) is 25.1 Å². The highest BCUT2D eigenvalue weighted by molar-refractivity contribution is 5.91. The molecule has 2 heterocycles. The molecule has 4 rings (SSSR count). The molecule has 34 heavy (non-hydrogen) atoms. The number of nitrogen functional groups attached to an aromatic ring is 1. The van der Waals surface area contributed by atoms with Crippen LogP contribution in [-0.2, 0) is 20.1 Å². The largest absolute Gasteiger partial charge is 0.399 e. The maximum atomic E-state index is 13.4. The summed E-state index contributed by atoms with van der Waals surface area (Å²) in [7, 11) is 1.52. The van der Waals surface area contributed by atoms with Crippen molar-refractivity contribution in [2.75, 3.05) is 5.73 Å². The van der Waals surface area contributed by atoms with Crippen LogP contribution in [-0.4, -0.2) is 18.9 Å². The van der Waals surface area contributed by atoms with Gasteiger partial charge in [-0.1, -0.05) is 69.3 Å². The number of fused-ring (bicyclic) bond motifs is 1. The SMILES string of the molecule is CCC=C(Cn1nc2c(c1-c1cccc(N)c1)c(=O)n(C)c(=O)n2CC(C)C)c1ccccc1. The first-order valence-corrected chi connectivity index (χ1v) is 11.6. The molecule has 2 aromatic carbocycles. The van der Waals surface area contributed by atoms with Crippen LogP contribution in [0.4, 0.5) is 5.69 Å². The Morgan fingerprint density at radius 3 is 2.47 bits per heavy atom. The third kappa shape index (κ3) is 4.33. The predicted molar refractivity (Wildman–Crippen MR) is 139 cm³/mol. The zero-order valence-corrected chi connectivity index (χ0v) is 20.2. The van der Waals surface area contributed by atoms with Crippen LogP contribution in [0.5, 0.6) is 0 Å². The molecule has 0 saturated carbocycles. The molecule has 176 valence electrons. The highest BCUT2D eigenvalue weighted by Crippen LogP contribution is 2.30. The van der Waals surface area contributed by atoms with Gasteiger partial charge in [0.05, 0.1) is 12.2 Å². The summed E-state index contributed by atoms with van der Waals surface area (Å²) in [6.07, 6.45) is 3.03. The summed E-state index contributed by atoms with van der Waals surface area (Å²) in [5.41, 5.74) is 10.0. The molecule has 2 N–H and O–H groups in total. The lowest BCUT2D eigenvalue weighted by Gasteiger charge is -2.12. The van der Waals surface area contributed by atoms with Gasteiger partial charge < -0.3 is 5.73 Å². The molecule has 4 aromatic rings. The summed E-state index contributed by atoms with van der Waals surface area (Å²) < 4.78 is 4.62. The van der Waals surface area contributed by atoms with Crippen molar-refractivity contribution < 1.29 is 0 Å². The first-order chi connectivity index (χ1) is 16.3. The van der Waals surface area contributed by atoms with E-state index in [1.54, 1.807) is 4.57 Å². The third-order valence-electron chi connectivity index (χ3n) is 5.85. The zero-order chi connectivity index (χ0) is 24.4. The molecule has 7 heteroatoms. The topological polar surface area (TPSA) is 87.8 Å². The lowest BCUT2D eigenvalue weighted by atomic mass is 10.0. The highest BCUT2D eigenvalue weighted by atomic mass is 16.2. The standard InChI is InChI=1S/C27H31N5O2/c1-5-10-21(19-11-7-6-8-12-19)17-32-24(20-13-9-14-22(28)15-20)23-25(29-32)31(16-18(2)3)27(34)30(4)26(23)33/h6-15,18H,5,16-17,28H2,1-4H3. The van der Waals surface area contributed by atoms with Crippen LogP contribution in [0.15, 0.2) is 70.3 Å². The average molecular weight is 458 g/mol. The van der Waals surface area contributed by atoms with Gasteiger partial charge in [0.1, 0.15) is 5.39 Å². The first-order valence-electron chi connectivity index (χ1n) is 11.6. The Morgan fingerprint density at radius 1 is 1.09 bits per heavy atom. The van der Waals surface area contributed by atoms with Crippen LogP contribution in [0, 0.1) is 5.92 Å². The molecule has 0 fully saturated rings. The van der Waals surface area contributed by atoms with Crippen molar-refractivity contribution in [3.63, 3.8) is 0 Å². The number of aromatic nitrogens is 4. The number of anilines is 1. The molecule has 2 aromatic heterocycles. The summed E-state index contributed by atoms with van der Waals surface area (Å²) in [5, 5.41) is 5.29. The number of hydrogen-bond donors (Lipinski definition) is 1. The number of benzene rings is 2. The molecule has 0 bridgehead atoms. The molecule has 0 spiro atoms. The van der Waals surface area contributed by atoms with Crippen LogP contribution >= 0.6 is 0 Å². The quantitative estimate of drug-likeness (QED) is 0.419. The van der Waals surface area contributed by atoms with Crippen LogP contribution < -0.4 is 17.0 Å². The fourth-order valence-corrected chi connectivity index (χ4v) is 4.32. The van der Waals surface area contributed by atoms with Gasteiger partial charge >= 0.3 is 5.69 Å². The van der Waals surface area contributed by atoms with Crippen molar-refractivity contribution in [3.05, 3.63) is 87.1 Å². The van der Waals surface area contributed by atoms with E-state index in [-0.39, 0.29) is 17.2 Å². The Balaban J connectivity index is 2.05. The van der Waals surface area contributed by atoms with E-state index in [0.29, 0.717) is 35.5 Å². The fraction of sp³-hybridized carbons (Fsp3) is 0.296. The van der Waals surface area contributed by atoms with Gasteiger partial charge in [-0.05, 0) is 35.6 Å². The van der Waals surface area contributed by atoms with Crippen LogP contribution in [0.2, 0.25) is 0 Å². The van der Waals surface area contributed by atoms with Gasteiger partial charge in [-0.2, -0.15) is 5.10 Å². The minimum atomic E-state index is -0.359. The Hall–Kier alpha value is -3.87. The average Bonchev–Trinajstić information content (AvgIpc) is 3.19. The minimum absolute atomic E-state index is 0.208. The Morgan fingerprint density at radius 2 is 1.82 bits per heavy atom. The minimum Gasteiger partial charge on any atom is -0.399 e. The van der Waals surface area contributed by atoms with Crippen molar-refractivity contribution in [2.45, 2.75) is 40.3 Å². The van der Waals surface area contributed by atoms with Crippen molar-refractivity contribution in [1.29, 1.82) is 0 Å². The predicted octanol–water partition coefficient (Wildman–Crippen LogP) is 4.30. The monoisotopic (exact) mass is 457 g/mol. The first kappa shape index (κ1) is 23.3. The molecule has 0 unspecified atom stereocenters. The highest BCUT2D eigenvalue weighted by Gasteiger charge is 2.23. The van der Waals surface area contributed by atoms with Crippen molar-refractivity contribution in [2.24, 2.45) is 13.0 Å². The van der Waals surface area contributed by atoms with Crippen LogP contribution in [0.3, 0.4) is 0 Å². The van der Waals surface area contributed by atoms with Gasteiger partial charge in [-0.25, -0.2) is 4.79 Å². The summed E-state index contributed by atoms with van der Waals surface area (Å²) in [4.78, 5) is 26.5. The summed E-state index contributed by atoms with van der Waals surface area (Å²) in [6.45, 7) is 7.09. The Kier molecular flexibility index (Phi) is 6.54. The molecule has 0 radical (unpaired) electrons. The van der Waals surface area contributed by atoms with Gasteiger partial charge in [0.25, 0.3) is 5.56 Å². The van der Waals surface area contributed by atoms with Crippen molar-refractivity contribution in [3.8, 4) is 11.3 Å². The normalized spacial score (nSPS) is 12.1. The lowest BCUT2D eigenvalue weighted by molar-refractivity contribution is 0.498. The van der Waals surface area contributed by atoms with Gasteiger partial charge in [0.2, 0.25) is 0 Å². The lowest BCUT2D eigenvalue weighted by Crippen LogP contribution is -2.38. The van der Waals surface area contributed by atoms with Gasteiger partial charge in [-0.3, -0.25) is 18.6 Å². The number of nitrogens with zero attached hydrogens (tertiary/aromatic N) is 4. The number of rotatable bonds is 7. The fourth-order valence-electron chi connectivity index (χ4n) is 4.32. The van der Waals surface area contributed by atoms with E-state index in [0.717, 1.165) is 23.1 Å². The second-order valence-electron chi connectivity index (χ2n) is 8.99. The van der Waals surface area contributed by atoms with Crippen molar-refractivity contribution in [1.82, 2.24) is 18.9 Å². The Labute approximate surface area is 198 Å². The van der Waals surface area contributed by atoms with E-state index in [9.17, 15) is 9.59 Å². The molecule has 0 aliphatic heterocycles. The molecule has 0 atom stereocenters. The summed E-state index contributed by atoms with van der Waals surface area (Å²) >= 11 is 0. The van der Waals surface area contributed by atoms with Gasteiger partial charge in [-0.15, -0.1) is 0 Å². The van der Waals surface area contributed by atoms with Crippen LogP contribution in [0.25, 0.3) is 27.9 Å². The molecule has 7 nitrogen and oxygen atoms in total. The maximum Gasteiger partial charge on any atom is 0.332 e. The molecular formula is C27H31N5O2. The second-order valence-corrected chi connectivity index (χ2v) is 8.99. The maximum absolute atomic E-state index is 13.4. The van der Waals surface area contributed by atoms with E-state index in [4.69, 9.17) is 10.8 Å². The van der Waals surface area contributed by atoms with Crippen LogP contribution in [0.1, 0.15) is 32.8 Å². The van der Waals surface area contributed by atoms with Crippen molar-refractivity contribution >= 4 is 22.3 Å². The van der Waals surface area contributed by atoms with E-state index in [1.807, 2.05) is 61.0 Å². The third-order valence-corrected chi connectivity index (χ3v) is 5.85. The van der Waals surface area contributed by atoms with Gasteiger partial charge in [0.15, 0.2) is 5.65 Å². The van der Waals surface area contributed by atoms with Gasteiger partial charge in [0, 0.05) is 24.8 Å². The summed E-state index contributed by atoms with van der Waals surface area (Å²) in [5.74, 6) is 0.208. The van der Waals surface area contributed by atoms with E-state index in [1.165, 1.54) is 11.6 Å². The molecule has 0 aliphatic rings. The zero-order valence-electron chi connectivity index (χ0n) is 20.2. The molecular weight excluding hydrogens is 426 g/mol. The summed E-state index contributed by atoms with van der Waals surface area (Å²) in [6, 6.07) is 17.6. The molecule has 0 amide bonds. The number of nitrogens with two attached hydrogens (primary N) is 1. The number of allylic oxidation sites excluding steroid dienone is 2. The molecule has 0 aliphatic carbocycles. The van der Waals surface area contributed by atoms with E-state index >= 15 is 0 Å². The second kappa shape index (κ2) is 9.55. The smallest absolute Gasteiger partial charge is 0.332 e. The molecule has 0 saturated heterocycles. The van der Waals surface area contributed by atoms with E-state index < -0.39 is 0 Å². The Bertz CT molecular complexity index is 1470. The number of hydrogen-bond acceptors (Lipinski definition) is 4.